The molecule has 0 aliphatic rings. The quantitative estimate of drug-likeness (QED) is 0.0362. The van der Waals surface area contributed by atoms with E-state index in [9.17, 15) is 20.1 Å². The van der Waals surface area contributed by atoms with E-state index in [-0.39, 0.29) is 12.5 Å². The number of amides is 1. The summed E-state index contributed by atoms with van der Waals surface area (Å²) in [5.74, 6) is -0.159. The number of carbonyl (C=O) groups excluding carboxylic acids is 1. The third-order valence-corrected chi connectivity index (χ3v) is 12.9. The van der Waals surface area contributed by atoms with Crippen LogP contribution in [0, 0.1) is 0 Å². The standard InChI is InChI=1S/C58H109NO4/c1-3-5-7-9-11-13-15-17-19-21-23-25-27-28-29-30-31-33-35-37-39-41-43-45-47-49-51-53-57(62)59-55(54-60)58(63)56(61)52-50-48-46-44-42-40-38-36-34-32-26-24-22-20-18-16-14-12-10-8-6-4-2/h23,25,28-29,36,38,44,46,55-56,58,60-61,63H,3-22,24,26-27,30-35,37,39-43,45,47-54H2,1-2H3,(H,59,62)/b25-23-,29-28-,38-36+,46-44+. The van der Waals surface area contributed by atoms with Crippen LogP contribution in [-0.4, -0.2) is 46.1 Å². The van der Waals surface area contributed by atoms with E-state index < -0.39 is 18.2 Å². The summed E-state index contributed by atoms with van der Waals surface area (Å²) in [4.78, 5) is 12.5. The highest BCUT2D eigenvalue weighted by molar-refractivity contribution is 5.76. The van der Waals surface area contributed by atoms with E-state index in [0.29, 0.717) is 12.8 Å². The van der Waals surface area contributed by atoms with E-state index >= 15 is 0 Å². The van der Waals surface area contributed by atoms with Crippen molar-refractivity contribution in [2.75, 3.05) is 6.61 Å². The van der Waals surface area contributed by atoms with Crippen LogP contribution in [0.25, 0.3) is 0 Å². The van der Waals surface area contributed by atoms with Crippen molar-refractivity contribution in [1.82, 2.24) is 5.32 Å². The molecule has 0 radical (unpaired) electrons. The molecule has 0 rings (SSSR count). The van der Waals surface area contributed by atoms with E-state index in [0.717, 1.165) is 51.4 Å². The molecular weight excluding hydrogens is 775 g/mol. The summed E-state index contributed by atoms with van der Waals surface area (Å²) in [6.45, 7) is 4.19. The largest absolute Gasteiger partial charge is 0.394 e. The number of allylic oxidation sites excluding steroid dienone is 8. The number of nitrogens with one attached hydrogen (secondary N) is 1. The molecule has 0 heterocycles. The zero-order valence-corrected chi connectivity index (χ0v) is 42.2. The summed E-state index contributed by atoms with van der Waals surface area (Å²) >= 11 is 0. The van der Waals surface area contributed by atoms with Crippen LogP contribution in [0.1, 0.15) is 290 Å². The number of carbonyl (C=O) groups is 1. The van der Waals surface area contributed by atoms with E-state index in [2.05, 4.69) is 67.8 Å². The molecule has 63 heavy (non-hydrogen) atoms. The van der Waals surface area contributed by atoms with Gasteiger partial charge in [-0.3, -0.25) is 4.79 Å². The second-order valence-electron chi connectivity index (χ2n) is 19.1. The number of hydrogen-bond donors (Lipinski definition) is 4. The van der Waals surface area contributed by atoms with Gasteiger partial charge >= 0.3 is 0 Å². The first-order valence-corrected chi connectivity index (χ1v) is 27.9. The van der Waals surface area contributed by atoms with Crippen molar-refractivity contribution in [3.05, 3.63) is 48.6 Å². The van der Waals surface area contributed by atoms with E-state index in [4.69, 9.17) is 0 Å². The van der Waals surface area contributed by atoms with Crippen molar-refractivity contribution in [1.29, 1.82) is 0 Å². The topological polar surface area (TPSA) is 89.8 Å². The van der Waals surface area contributed by atoms with Gasteiger partial charge in [-0.2, -0.15) is 0 Å². The molecule has 0 spiro atoms. The minimum atomic E-state index is -1.17. The third-order valence-electron chi connectivity index (χ3n) is 12.9. The molecule has 1 amide bonds. The molecule has 0 aromatic rings. The summed E-state index contributed by atoms with van der Waals surface area (Å²) in [5, 5.41) is 33.7. The summed E-state index contributed by atoms with van der Waals surface area (Å²) in [5.41, 5.74) is 0. The molecule has 5 heteroatoms. The second kappa shape index (κ2) is 52.9. The van der Waals surface area contributed by atoms with Gasteiger partial charge < -0.3 is 20.6 Å². The number of unbranched alkanes of at least 4 members (excludes halogenated alkanes) is 35. The first kappa shape index (κ1) is 61.3. The van der Waals surface area contributed by atoms with Gasteiger partial charge in [-0.25, -0.2) is 0 Å². The van der Waals surface area contributed by atoms with Crippen molar-refractivity contribution in [2.45, 2.75) is 308 Å². The Morgan fingerprint density at radius 2 is 0.698 bits per heavy atom. The van der Waals surface area contributed by atoms with Gasteiger partial charge in [0.1, 0.15) is 6.10 Å². The molecule has 0 aromatic heterocycles. The van der Waals surface area contributed by atoms with Gasteiger partial charge in [0.2, 0.25) is 5.91 Å². The van der Waals surface area contributed by atoms with Gasteiger partial charge in [0, 0.05) is 6.42 Å². The Labute approximate surface area is 393 Å². The average Bonchev–Trinajstić information content (AvgIpc) is 3.29. The zero-order valence-electron chi connectivity index (χ0n) is 42.2. The third kappa shape index (κ3) is 48.1. The lowest BCUT2D eigenvalue weighted by molar-refractivity contribution is -0.124. The molecule has 4 N–H and O–H groups in total. The summed E-state index contributed by atoms with van der Waals surface area (Å²) in [6.07, 6.45) is 69.7. The summed E-state index contributed by atoms with van der Waals surface area (Å²) in [7, 11) is 0. The Balaban J connectivity index is 3.62. The molecule has 0 aromatic carbocycles. The highest BCUT2D eigenvalue weighted by Crippen LogP contribution is 2.16. The maximum Gasteiger partial charge on any atom is 0.220 e. The molecule has 0 bridgehead atoms. The normalized spacial score (nSPS) is 13.7. The van der Waals surface area contributed by atoms with Crippen LogP contribution in [0.4, 0.5) is 0 Å². The van der Waals surface area contributed by atoms with Crippen molar-refractivity contribution >= 4 is 5.91 Å². The van der Waals surface area contributed by atoms with Gasteiger partial charge in [-0.1, -0.05) is 249 Å². The lowest BCUT2D eigenvalue weighted by Gasteiger charge is -2.26. The molecule has 0 aliphatic heterocycles. The Morgan fingerprint density at radius 1 is 0.397 bits per heavy atom. The van der Waals surface area contributed by atoms with Crippen LogP contribution in [0.3, 0.4) is 0 Å². The molecular formula is C58H109NO4. The molecule has 370 valence electrons. The zero-order chi connectivity index (χ0) is 45.8. The van der Waals surface area contributed by atoms with Crippen molar-refractivity contribution in [3.8, 4) is 0 Å². The summed E-state index contributed by atoms with van der Waals surface area (Å²) < 4.78 is 0. The minimum Gasteiger partial charge on any atom is -0.394 e. The molecule has 0 aliphatic carbocycles. The lowest BCUT2D eigenvalue weighted by atomic mass is 10.0. The van der Waals surface area contributed by atoms with Crippen LogP contribution >= 0.6 is 0 Å². The Kier molecular flexibility index (Phi) is 51.5. The smallest absolute Gasteiger partial charge is 0.220 e. The van der Waals surface area contributed by atoms with Gasteiger partial charge in [-0.05, 0) is 83.5 Å². The fourth-order valence-corrected chi connectivity index (χ4v) is 8.56. The number of aliphatic hydroxyl groups excluding tert-OH is 3. The molecule has 5 nitrogen and oxygen atoms in total. The van der Waals surface area contributed by atoms with Crippen molar-refractivity contribution < 1.29 is 20.1 Å². The van der Waals surface area contributed by atoms with E-state index in [1.54, 1.807) is 0 Å². The lowest BCUT2D eigenvalue weighted by Crippen LogP contribution is -2.50. The molecule has 0 saturated heterocycles. The van der Waals surface area contributed by atoms with Crippen LogP contribution in [0.15, 0.2) is 48.6 Å². The molecule has 0 saturated carbocycles. The minimum absolute atomic E-state index is 0.159. The maximum atomic E-state index is 12.5. The SMILES string of the molecule is CCCCCCCCCCC/C=C\C/C=C\CCCCCCCCCCCCCC(=O)NC(CO)C(O)C(O)CCC/C=C/CC/C=C/CCCCCCCCCCCCCCC. The monoisotopic (exact) mass is 884 g/mol. The first-order chi connectivity index (χ1) is 31.1. The predicted molar refractivity (Wildman–Crippen MR) is 277 cm³/mol. The van der Waals surface area contributed by atoms with Gasteiger partial charge in [0.15, 0.2) is 0 Å². The molecule has 0 fully saturated rings. The highest BCUT2D eigenvalue weighted by Gasteiger charge is 2.26. The van der Waals surface area contributed by atoms with Crippen molar-refractivity contribution in [3.63, 3.8) is 0 Å². The maximum absolute atomic E-state index is 12.5. The van der Waals surface area contributed by atoms with Crippen LogP contribution < -0.4 is 5.32 Å². The van der Waals surface area contributed by atoms with Gasteiger partial charge in [0.25, 0.3) is 0 Å². The van der Waals surface area contributed by atoms with Crippen LogP contribution in [0.2, 0.25) is 0 Å². The van der Waals surface area contributed by atoms with Gasteiger partial charge in [-0.15, -0.1) is 0 Å². The average molecular weight is 885 g/mol. The second-order valence-corrected chi connectivity index (χ2v) is 19.1. The predicted octanol–water partition coefficient (Wildman–Crippen LogP) is 17.2. The van der Waals surface area contributed by atoms with Gasteiger partial charge in [0.05, 0.1) is 18.8 Å². The molecule has 3 atom stereocenters. The summed E-state index contributed by atoms with van der Waals surface area (Å²) in [6, 6.07) is -0.836. The number of hydrogen-bond acceptors (Lipinski definition) is 4. The fraction of sp³-hybridized carbons (Fsp3) is 0.845. The molecule has 3 unspecified atom stereocenters. The number of rotatable bonds is 51. The van der Waals surface area contributed by atoms with Crippen LogP contribution in [-0.2, 0) is 4.79 Å². The first-order valence-electron chi connectivity index (χ1n) is 27.9. The highest BCUT2D eigenvalue weighted by atomic mass is 16.3. The Hall–Kier alpha value is -1.69. The van der Waals surface area contributed by atoms with Crippen LogP contribution in [0.5, 0.6) is 0 Å². The van der Waals surface area contributed by atoms with Crippen molar-refractivity contribution in [2.24, 2.45) is 0 Å². The van der Waals surface area contributed by atoms with E-state index in [1.807, 2.05) is 0 Å². The number of aliphatic hydroxyl groups is 3. The fourth-order valence-electron chi connectivity index (χ4n) is 8.56. The Bertz CT molecular complexity index is 1020. The van der Waals surface area contributed by atoms with E-state index in [1.165, 1.54) is 212 Å². The Morgan fingerprint density at radius 3 is 1.06 bits per heavy atom.